The number of aromatic amines is 1. The van der Waals surface area contributed by atoms with Crippen molar-refractivity contribution in [1.82, 2.24) is 15.2 Å². The summed E-state index contributed by atoms with van der Waals surface area (Å²) in [6, 6.07) is 13.9. The van der Waals surface area contributed by atoms with E-state index in [2.05, 4.69) is 35.3 Å². The number of amides is 3. The molecular formula is C32H42N4O6Si. The number of anilines is 1. The van der Waals surface area contributed by atoms with Crippen LogP contribution >= 0.6 is 0 Å². The van der Waals surface area contributed by atoms with Crippen molar-refractivity contribution in [2.75, 3.05) is 25.0 Å². The van der Waals surface area contributed by atoms with Gasteiger partial charge in [-0.2, -0.15) is 0 Å². The lowest BCUT2D eigenvalue weighted by Gasteiger charge is -2.29. The van der Waals surface area contributed by atoms with Gasteiger partial charge in [0.25, 0.3) is 0 Å². The summed E-state index contributed by atoms with van der Waals surface area (Å²) in [4.78, 5) is 56.8. The highest BCUT2D eigenvalue weighted by molar-refractivity contribution is 6.76. The van der Waals surface area contributed by atoms with Crippen molar-refractivity contribution in [3.05, 3.63) is 65.9 Å². The molecule has 0 spiro atoms. The van der Waals surface area contributed by atoms with E-state index in [4.69, 9.17) is 9.47 Å². The maximum atomic E-state index is 13.5. The van der Waals surface area contributed by atoms with E-state index >= 15 is 0 Å². The molecule has 1 fully saturated rings. The maximum absolute atomic E-state index is 13.5. The number of urea groups is 1. The molecule has 3 amide bonds. The van der Waals surface area contributed by atoms with Crippen molar-refractivity contribution in [3.8, 4) is 0 Å². The summed E-state index contributed by atoms with van der Waals surface area (Å²) in [5.41, 5.74) is 1.79. The van der Waals surface area contributed by atoms with Crippen molar-refractivity contribution < 1.29 is 28.7 Å². The van der Waals surface area contributed by atoms with Gasteiger partial charge in [-0.3, -0.25) is 9.59 Å². The fourth-order valence-corrected chi connectivity index (χ4v) is 5.82. The summed E-state index contributed by atoms with van der Waals surface area (Å²) in [6.07, 6.45) is 2.28. The normalized spacial score (nSPS) is 17.0. The van der Waals surface area contributed by atoms with Crippen LogP contribution in [0.4, 0.5) is 10.5 Å². The molecule has 43 heavy (non-hydrogen) atoms. The van der Waals surface area contributed by atoms with Crippen LogP contribution in [0.3, 0.4) is 0 Å². The number of fused-ring (bicyclic) bond motifs is 1. The Morgan fingerprint density at radius 2 is 1.79 bits per heavy atom. The number of ether oxygens (including phenoxy) is 2. The molecule has 1 aromatic heterocycles. The van der Waals surface area contributed by atoms with Crippen molar-refractivity contribution in [2.24, 2.45) is 5.92 Å². The number of carbonyl (C=O) groups is 4. The second-order valence-electron chi connectivity index (χ2n) is 13.1. The van der Waals surface area contributed by atoms with Crippen LogP contribution in [-0.2, 0) is 19.1 Å². The SMILES string of the molecule is CC(C)(C)OC(=O)C1CCN(C(=O)CNC(=O)Nc2cccc(C(=O)OCC[Si](C)(C)C)c2)[C@H]1c1c[nH]c2ccccc12. The van der Waals surface area contributed by atoms with Gasteiger partial charge >= 0.3 is 18.0 Å². The average Bonchev–Trinajstić information content (AvgIpc) is 3.54. The van der Waals surface area contributed by atoms with Gasteiger partial charge in [-0.25, -0.2) is 9.59 Å². The number of likely N-dealkylation sites (tertiary alicyclic amines) is 1. The minimum Gasteiger partial charge on any atom is -0.462 e. The molecule has 10 nitrogen and oxygen atoms in total. The predicted molar refractivity (Wildman–Crippen MR) is 169 cm³/mol. The molecule has 2 heterocycles. The van der Waals surface area contributed by atoms with Gasteiger partial charge in [0.2, 0.25) is 5.91 Å². The Labute approximate surface area is 253 Å². The Kier molecular flexibility index (Phi) is 9.64. The lowest BCUT2D eigenvalue weighted by Crippen LogP contribution is -2.42. The van der Waals surface area contributed by atoms with Gasteiger partial charge in [0, 0.05) is 43.0 Å². The van der Waals surface area contributed by atoms with Crippen LogP contribution in [0.2, 0.25) is 25.7 Å². The number of para-hydroxylation sites is 1. The molecule has 2 atom stereocenters. The largest absolute Gasteiger partial charge is 0.462 e. The molecule has 3 aromatic rings. The molecule has 2 aromatic carbocycles. The molecular weight excluding hydrogens is 564 g/mol. The van der Waals surface area contributed by atoms with Crippen LogP contribution in [-0.4, -0.2) is 67.1 Å². The van der Waals surface area contributed by atoms with Gasteiger partial charge in [0.05, 0.1) is 30.7 Å². The third-order valence-electron chi connectivity index (χ3n) is 7.21. The van der Waals surface area contributed by atoms with Gasteiger partial charge in [0.15, 0.2) is 0 Å². The summed E-state index contributed by atoms with van der Waals surface area (Å²) >= 11 is 0. The predicted octanol–water partition coefficient (Wildman–Crippen LogP) is 5.72. The zero-order valence-electron chi connectivity index (χ0n) is 25.8. The number of aromatic nitrogens is 1. The number of hydrogen-bond donors (Lipinski definition) is 3. The summed E-state index contributed by atoms with van der Waals surface area (Å²) in [7, 11) is -1.34. The van der Waals surface area contributed by atoms with E-state index < -0.39 is 37.6 Å². The molecule has 0 bridgehead atoms. The van der Waals surface area contributed by atoms with Crippen LogP contribution in [0.5, 0.6) is 0 Å². The summed E-state index contributed by atoms with van der Waals surface area (Å²) in [5.74, 6) is -1.68. The Bertz CT molecular complexity index is 1490. The molecule has 230 valence electrons. The van der Waals surface area contributed by atoms with Crippen molar-refractivity contribution in [3.63, 3.8) is 0 Å². The third kappa shape index (κ3) is 8.47. The minimum atomic E-state index is -1.34. The summed E-state index contributed by atoms with van der Waals surface area (Å²) in [5, 5.41) is 6.22. The van der Waals surface area contributed by atoms with Crippen LogP contribution < -0.4 is 10.6 Å². The first-order valence-electron chi connectivity index (χ1n) is 14.6. The quantitative estimate of drug-likeness (QED) is 0.211. The van der Waals surface area contributed by atoms with E-state index in [1.807, 2.05) is 51.2 Å². The highest BCUT2D eigenvalue weighted by Gasteiger charge is 2.44. The lowest BCUT2D eigenvalue weighted by atomic mass is 9.93. The summed E-state index contributed by atoms with van der Waals surface area (Å²) in [6.45, 7) is 12.5. The number of benzene rings is 2. The van der Waals surface area contributed by atoms with Crippen LogP contribution in [0, 0.1) is 5.92 Å². The van der Waals surface area contributed by atoms with Crippen LogP contribution in [0.25, 0.3) is 10.9 Å². The molecule has 0 aliphatic carbocycles. The number of hydrogen-bond acceptors (Lipinski definition) is 6. The van der Waals surface area contributed by atoms with Gasteiger partial charge in [-0.1, -0.05) is 43.9 Å². The van der Waals surface area contributed by atoms with Crippen molar-refractivity contribution in [1.29, 1.82) is 0 Å². The van der Waals surface area contributed by atoms with Crippen LogP contribution in [0.15, 0.2) is 54.7 Å². The summed E-state index contributed by atoms with van der Waals surface area (Å²) < 4.78 is 11.1. The molecule has 0 radical (unpaired) electrons. The number of carbonyl (C=O) groups excluding carboxylic acids is 4. The zero-order valence-corrected chi connectivity index (χ0v) is 26.8. The smallest absolute Gasteiger partial charge is 0.338 e. The Hall–Kier alpha value is -4.12. The van der Waals surface area contributed by atoms with E-state index in [0.29, 0.717) is 30.8 Å². The van der Waals surface area contributed by atoms with E-state index in [-0.39, 0.29) is 18.4 Å². The van der Waals surface area contributed by atoms with E-state index in [1.54, 1.807) is 23.1 Å². The van der Waals surface area contributed by atoms with Crippen molar-refractivity contribution in [2.45, 2.75) is 64.5 Å². The number of nitrogens with one attached hydrogen (secondary N) is 3. The molecule has 3 N–H and O–H groups in total. The first-order valence-corrected chi connectivity index (χ1v) is 18.3. The molecule has 0 saturated carbocycles. The molecule has 1 saturated heterocycles. The molecule has 4 rings (SSSR count). The van der Waals surface area contributed by atoms with E-state index in [1.165, 1.54) is 6.07 Å². The highest BCUT2D eigenvalue weighted by Crippen LogP contribution is 2.41. The Morgan fingerprint density at radius 1 is 1.05 bits per heavy atom. The first-order chi connectivity index (χ1) is 20.2. The standard InChI is InChI=1S/C32H42N4O6Si/c1-32(2,3)42-30(39)24-14-15-36(28(24)25-19-33-26-13-8-7-12-23(25)26)27(37)20-34-31(40)35-22-11-9-10-21(18-22)29(38)41-16-17-43(4,5)6/h7-13,18-19,24,28,33H,14-17,20H2,1-6H3,(H2,34,35,40)/t24?,28-/m1/s1. The minimum absolute atomic E-state index is 0.274. The Morgan fingerprint density at radius 3 is 2.51 bits per heavy atom. The maximum Gasteiger partial charge on any atom is 0.338 e. The van der Waals surface area contributed by atoms with Gasteiger partial charge in [-0.05, 0) is 57.5 Å². The Balaban J connectivity index is 1.41. The van der Waals surface area contributed by atoms with E-state index in [9.17, 15) is 19.2 Å². The van der Waals surface area contributed by atoms with Gasteiger partial charge in [0.1, 0.15) is 5.60 Å². The number of H-pyrrole nitrogens is 1. The molecule has 1 unspecified atom stereocenters. The topological polar surface area (TPSA) is 130 Å². The second-order valence-corrected chi connectivity index (χ2v) is 18.7. The lowest BCUT2D eigenvalue weighted by molar-refractivity contribution is -0.161. The first kappa shape index (κ1) is 31.8. The molecule has 11 heteroatoms. The third-order valence-corrected chi connectivity index (χ3v) is 8.91. The molecule has 1 aliphatic heterocycles. The van der Waals surface area contributed by atoms with Gasteiger partial charge < -0.3 is 30.0 Å². The van der Waals surface area contributed by atoms with E-state index in [0.717, 1.165) is 22.5 Å². The zero-order chi connectivity index (χ0) is 31.4. The monoisotopic (exact) mass is 606 g/mol. The number of rotatable bonds is 9. The fourth-order valence-electron chi connectivity index (χ4n) is 5.11. The van der Waals surface area contributed by atoms with Crippen LogP contribution in [0.1, 0.15) is 49.2 Å². The number of esters is 2. The van der Waals surface area contributed by atoms with Gasteiger partial charge in [-0.15, -0.1) is 0 Å². The fraction of sp³-hybridized carbons (Fsp3) is 0.438. The average molecular weight is 607 g/mol. The molecule has 1 aliphatic rings. The number of nitrogens with zero attached hydrogens (tertiary/aromatic N) is 1. The second kappa shape index (κ2) is 13.0. The highest BCUT2D eigenvalue weighted by atomic mass is 28.3. The van der Waals surface area contributed by atoms with Crippen molar-refractivity contribution >= 4 is 48.5 Å².